The normalized spacial score (nSPS) is 22.2. The van der Waals surface area contributed by atoms with Gasteiger partial charge in [-0.2, -0.15) is 0 Å². The Kier molecular flexibility index (Phi) is 5.48. The minimum Gasteiger partial charge on any atom is -0.354 e. The number of aromatic nitrogens is 1. The molecule has 0 radical (unpaired) electrons. The summed E-state index contributed by atoms with van der Waals surface area (Å²) in [5, 5.41) is 5.95. The Morgan fingerprint density at radius 3 is 2.46 bits per heavy atom. The lowest BCUT2D eigenvalue weighted by molar-refractivity contribution is 0.209. The fourth-order valence-corrected chi connectivity index (χ4v) is 3.87. The lowest BCUT2D eigenvalue weighted by atomic mass is 10.1. The van der Waals surface area contributed by atoms with E-state index in [1.807, 2.05) is 30.3 Å². The number of piperazine rings is 1. The number of hydrogen-bond donors (Lipinski definition) is 2. The zero-order valence-corrected chi connectivity index (χ0v) is 16.6. The Balaban J connectivity index is 1.25. The number of amides is 2. The molecule has 148 valence electrons. The van der Waals surface area contributed by atoms with Gasteiger partial charge in [0.05, 0.1) is 11.9 Å². The second-order valence-electron chi connectivity index (χ2n) is 7.98. The first-order chi connectivity index (χ1) is 13.6. The van der Waals surface area contributed by atoms with Crippen molar-refractivity contribution in [2.75, 3.05) is 36.4 Å². The van der Waals surface area contributed by atoms with Gasteiger partial charge in [0.25, 0.3) is 0 Å². The van der Waals surface area contributed by atoms with Crippen LogP contribution in [-0.2, 0) is 0 Å². The number of anilines is 2. The summed E-state index contributed by atoms with van der Waals surface area (Å²) in [4.78, 5) is 21.6. The first-order valence-electron chi connectivity index (χ1n) is 10.2. The summed E-state index contributed by atoms with van der Waals surface area (Å²) in [5.41, 5.74) is 2.01. The highest BCUT2D eigenvalue weighted by Crippen LogP contribution is 2.40. The number of hydrogen-bond acceptors (Lipinski definition) is 4. The minimum absolute atomic E-state index is 0.163. The molecule has 0 bridgehead atoms. The van der Waals surface area contributed by atoms with E-state index in [0.717, 1.165) is 44.1 Å². The summed E-state index contributed by atoms with van der Waals surface area (Å²) in [5.74, 6) is 1.40. The van der Waals surface area contributed by atoms with Crippen LogP contribution in [0.2, 0.25) is 0 Å². The lowest BCUT2D eigenvalue weighted by Gasteiger charge is -2.37. The van der Waals surface area contributed by atoms with Gasteiger partial charge in [-0.25, -0.2) is 9.78 Å². The predicted molar refractivity (Wildman–Crippen MR) is 113 cm³/mol. The third-order valence-electron chi connectivity index (χ3n) is 5.71. The molecule has 2 aliphatic rings. The van der Waals surface area contributed by atoms with Crippen molar-refractivity contribution in [1.29, 1.82) is 0 Å². The first kappa shape index (κ1) is 18.7. The van der Waals surface area contributed by atoms with Crippen LogP contribution in [0.1, 0.15) is 31.7 Å². The van der Waals surface area contributed by atoms with Crippen LogP contribution in [0.25, 0.3) is 0 Å². The number of urea groups is 1. The summed E-state index contributed by atoms with van der Waals surface area (Å²) in [6.07, 6.45) is 2.74. The molecule has 6 nitrogen and oxygen atoms in total. The number of rotatable bonds is 5. The van der Waals surface area contributed by atoms with E-state index in [1.54, 1.807) is 6.20 Å². The van der Waals surface area contributed by atoms with Crippen molar-refractivity contribution < 1.29 is 4.79 Å². The molecule has 1 saturated carbocycles. The quantitative estimate of drug-likeness (QED) is 0.837. The van der Waals surface area contributed by atoms with Crippen LogP contribution in [-0.4, -0.2) is 54.2 Å². The van der Waals surface area contributed by atoms with Gasteiger partial charge in [0.2, 0.25) is 0 Å². The average Bonchev–Trinajstić information content (AvgIpc) is 3.48. The van der Waals surface area contributed by atoms with Gasteiger partial charge in [-0.3, -0.25) is 4.90 Å². The molecular weight excluding hydrogens is 350 g/mol. The average molecular weight is 380 g/mol. The van der Waals surface area contributed by atoms with Crippen molar-refractivity contribution in [3.05, 3.63) is 54.2 Å². The van der Waals surface area contributed by atoms with Gasteiger partial charge in [-0.15, -0.1) is 0 Å². The molecule has 6 heteroatoms. The van der Waals surface area contributed by atoms with Crippen LogP contribution in [0, 0.1) is 0 Å². The van der Waals surface area contributed by atoms with Crippen LogP contribution in [0.5, 0.6) is 0 Å². The van der Waals surface area contributed by atoms with Crippen molar-refractivity contribution in [3.63, 3.8) is 0 Å². The monoisotopic (exact) mass is 379 g/mol. The molecule has 2 atom stereocenters. The fraction of sp³-hybridized carbons (Fsp3) is 0.455. The fourth-order valence-electron chi connectivity index (χ4n) is 3.87. The molecule has 2 fully saturated rings. The van der Waals surface area contributed by atoms with Gasteiger partial charge in [0.15, 0.2) is 0 Å². The maximum absolute atomic E-state index is 12.3. The number of nitrogens with zero attached hydrogens (tertiary/aromatic N) is 3. The highest BCUT2D eigenvalue weighted by Gasteiger charge is 2.39. The van der Waals surface area contributed by atoms with E-state index in [2.05, 4.69) is 51.4 Å². The standard InChI is InChI=1S/C22H29N5O/c1-16(2)26-10-12-27(13-11-26)21-9-8-18(15-23-21)24-22(28)25-20-14-19(20)17-6-4-3-5-7-17/h3-9,15-16,19-20H,10-14H2,1-2H3,(H2,24,25,28)/t19-,20+/m0/s1. The second-order valence-corrected chi connectivity index (χ2v) is 7.98. The zero-order chi connectivity index (χ0) is 19.5. The number of pyridine rings is 1. The Morgan fingerprint density at radius 2 is 1.82 bits per heavy atom. The van der Waals surface area contributed by atoms with Gasteiger partial charge in [-0.05, 0) is 38.0 Å². The first-order valence-corrected chi connectivity index (χ1v) is 10.2. The van der Waals surface area contributed by atoms with Crippen molar-refractivity contribution in [3.8, 4) is 0 Å². The van der Waals surface area contributed by atoms with Gasteiger partial charge < -0.3 is 15.5 Å². The van der Waals surface area contributed by atoms with Crippen LogP contribution < -0.4 is 15.5 Å². The van der Waals surface area contributed by atoms with Gasteiger partial charge in [-0.1, -0.05) is 30.3 Å². The zero-order valence-electron chi connectivity index (χ0n) is 16.6. The topological polar surface area (TPSA) is 60.5 Å². The molecule has 1 aromatic carbocycles. The maximum Gasteiger partial charge on any atom is 0.319 e. The van der Waals surface area contributed by atoms with E-state index in [1.165, 1.54) is 5.56 Å². The van der Waals surface area contributed by atoms with Crippen LogP contribution in [0.4, 0.5) is 16.3 Å². The number of nitrogens with one attached hydrogen (secondary N) is 2. The summed E-state index contributed by atoms with van der Waals surface area (Å²) in [6, 6.07) is 14.9. The molecule has 2 aromatic rings. The van der Waals surface area contributed by atoms with E-state index in [0.29, 0.717) is 12.0 Å². The lowest BCUT2D eigenvalue weighted by Crippen LogP contribution is -2.49. The summed E-state index contributed by atoms with van der Waals surface area (Å²) >= 11 is 0. The van der Waals surface area contributed by atoms with Gasteiger partial charge in [0.1, 0.15) is 5.82 Å². The molecule has 1 aliphatic heterocycles. The molecule has 1 aromatic heterocycles. The van der Waals surface area contributed by atoms with E-state index in [9.17, 15) is 4.79 Å². The largest absolute Gasteiger partial charge is 0.354 e. The molecule has 1 saturated heterocycles. The van der Waals surface area contributed by atoms with E-state index in [-0.39, 0.29) is 12.1 Å². The van der Waals surface area contributed by atoms with Gasteiger partial charge >= 0.3 is 6.03 Å². The van der Waals surface area contributed by atoms with Gasteiger partial charge in [0, 0.05) is 44.2 Å². The molecule has 1 aliphatic carbocycles. The van der Waals surface area contributed by atoms with Crippen molar-refractivity contribution in [1.82, 2.24) is 15.2 Å². The molecule has 4 rings (SSSR count). The third-order valence-corrected chi connectivity index (χ3v) is 5.71. The molecule has 0 unspecified atom stereocenters. The van der Waals surface area contributed by atoms with Crippen LogP contribution in [0.15, 0.2) is 48.7 Å². The Morgan fingerprint density at radius 1 is 1.07 bits per heavy atom. The predicted octanol–water partition coefficient (Wildman–Crippen LogP) is 3.29. The Bertz CT molecular complexity index is 784. The van der Waals surface area contributed by atoms with E-state index >= 15 is 0 Å². The number of benzene rings is 1. The second kappa shape index (κ2) is 8.19. The molecule has 0 spiro atoms. The molecule has 2 N–H and O–H groups in total. The maximum atomic E-state index is 12.3. The third kappa shape index (κ3) is 4.44. The molecule has 28 heavy (non-hydrogen) atoms. The summed E-state index contributed by atoms with van der Waals surface area (Å²) in [6.45, 7) is 8.58. The van der Waals surface area contributed by atoms with Crippen LogP contribution in [0.3, 0.4) is 0 Å². The molecular formula is C22H29N5O. The Hall–Kier alpha value is -2.60. The number of carbonyl (C=O) groups excluding carboxylic acids is 1. The highest BCUT2D eigenvalue weighted by atomic mass is 16.2. The summed E-state index contributed by atoms with van der Waals surface area (Å²) < 4.78 is 0. The minimum atomic E-state index is -0.163. The highest BCUT2D eigenvalue weighted by molar-refractivity contribution is 5.89. The molecule has 2 heterocycles. The van der Waals surface area contributed by atoms with Crippen molar-refractivity contribution >= 4 is 17.5 Å². The SMILES string of the molecule is CC(C)N1CCN(c2ccc(NC(=O)N[C@@H]3C[C@H]3c3ccccc3)cn2)CC1. The number of carbonyl (C=O) groups is 1. The van der Waals surface area contributed by atoms with E-state index < -0.39 is 0 Å². The van der Waals surface area contributed by atoms with Crippen LogP contribution >= 0.6 is 0 Å². The van der Waals surface area contributed by atoms with Crippen molar-refractivity contribution in [2.24, 2.45) is 0 Å². The summed E-state index contributed by atoms with van der Waals surface area (Å²) in [7, 11) is 0. The molecule has 2 amide bonds. The van der Waals surface area contributed by atoms with E-state index in [4.69, 9.17) is 0 Å². The smallest absolute Gasteiger partial charge is 0.319 e. The Labute approximate surface area is 166 Å². The van der Waals surface area contributed by atoms with Crippen molar-refractivity contribution in [2.45, 2.75) is 38.3 Å².